The van der Waals surface area contributed by atoms with Crippen molar-refractivity contribution in [2.24, 2.45) is 5.41 Å². The molecular weight excluding hydrogens is 259 g/mol. The maximum atomic E-state index is 13.4. The monoisotopic (exact) mass is 282 g/mol. The van der Waals surface area contributed by atoms with Gasteiger partial charge in [0.25, 0.3) is 0 Å². The Labute approximate surface area is 119 Å². The molecule has 0 fully saturated rings. The van der Waals surface area contributed by atoms with Crippen molar-refractivity contribution in [3.8, 4) is 0 Å². The van der Waals surface area contributed by atoms with Crippen molar-refractivity contribution in [3.63, 3.8) is 0 Å². The van der Waals surface area contributed by atoms with E-state index in [1.807, 2.05) is 13.8 Å². The van der Waals surface area contributed by atoms with Gasteiger partial charge in [0, 0.05) is 19.7 Å². The van der Waals surface area contributed by atoms with Gasteiger partial charge in [0.1, 0.15) is 5.82 Å². The largest absolute Gasteiger partial charge is 0.396 e. The predicted octanol–water partition coefficient (Wildman–Crippen LogP) is 2.08. The number of halogens is 1. The number of nitrogens with one attached hydrogen (secondary N) is 2. The minimum absolute atomic E-state index is 0.101. The molecule has 0 atom stereocenters. The molecule has 2 amide bonds. The van der Waals surface area contributed by atoms with Crippen LogP contribution in [0.2, 0.25) is 0 Å². The van der Waals surface area contributed by atoms with Crippen LogP contribution in [-0.4, -0.2) is 30.8 Å². The van der Waals surface area contributed by atoms with Crippen LogP contribution in [0, 0.1) is 11.2 Å². The average Bonchev–Trinajstić information content (AvgIpc) is 2.39. The zero-order valence-electron chi connectivity index (χ0n) is 12.1. The van der Waals surface area contributed by atoms with Gasteiger partial charge in [-0.05, 0) is 29.9 Å². The molecule has 1 aromatic rings. The molecule has 0 aliphatic rings. The molecule has 0 unspecified atom stereocenters. The second kappa shape index (κ2) is 7.85. The molecule has 112 valence electrons. The lowest BCUT2D eigenvalue weighted by molar-refractivity contribution is 0.201. The summed E-state index contributed by atoms with van der Waals surface area (Å²) in [6.45, 7) is 4.92. The lowest BCUT2D eigenvalue weighted by atomic mass is 9.90. The van der Waals surface area contributed by atoms with E-state index in [4.69, 9.17) is 5.11 Å². The summed E-state index contributed by atoms with van der Waals surface area (Å²) >= 11 is 0. The van der Waals surface area contributed by atoms with Crippen LogP contribution in [-0.2, 0) is 6.42 Å². The van der Waals surface area contributed by atoms with Crippen molar-refractivity contribution in [1.82, 2.24) is 10.6 Å². The smallest absolute Gasteiger partial charge is 0.314 e. The highest BCUT2D eigenvalue weighted by Gasteiger charge is 2.17. The van der Waals surface area contributed by atoms with Gasteiger partial charge < -0.3 is 15.7 Å². The first-order valence-electron chi connectivity index (χ1n) is 6.80. The molecule has 20 heavy (non-hydrogen) atoms. The molecule has 0 aliphatic carbocycles. The van der Waals surface area contributed by atoms with Crippen LogP contribution in [0.5, 0.6) is 0 Å². The van der Waals surface area contributed by atoms with Crippen molar-refractivity contribution < 1.29 is 14.3 Å². The average molecular weight is 282 g/mol. The normalized spacial score (nSPS) is 11.2. The first-order chi connectivity index (χ1) is 9.44. The summed E-state index contributed by atoms with van der Waals surface area (Å²) in [6.07, 6.45) is 1.09. The quantitative estimate of drug-likeness (QED) is 0.717. The number of carbonyl (C=O) groups is 1. The Hall–Kier alpha value is -1.62. The zero-order valence-corrected chi connectivity index (χ0v) is 12.1. The van der Waals surface area contributed by atoms with Gasteiger partial charge in [-0.25, -0.2) is 9.18 Å². The van der Waals surface area contributed by atoms with Crippen LogP contribution < -0.4 is 10.6 Å². The Morgan fingerprint density at radius 2 is 2.00 bits per heavy atom. The standard InChI is InChI=1S/C15H23FN2O2/c1-15(2,8-10-19)11-18-14(20)17-9-7-12-5-3-4-6-13(12)16/h3-6,19H,7-11H2,1-2H3,(H2,17,18,20). The Balaban J connectivity index is 2.26. The molecule has 3 N–H and O–H groups in total. The van der Waals surface area contributed by atoms with E-state index in [1.165, 1.54) is 6.07 Å². The molecule has 1 rings (SSSR count). The fourth-order valence-corrected chi connectivity index (χ4v) is 1.78. The minimum atomic E-state index is -0.271. The Morgan fingerprint density at radius 1 is 1.30 bits per heavy atom. The molecule has 0 saturated carbocycles. The third-order valence-corrected chi connectivity index (χ3v) is 3.15. The molecule has 0 bridgehead atoms. The highest BCUT2D eigenvalue weighted by molar-refractivity contribution is 5.73. The van der Waals surface area contributed by atoms with Gasteiger partial charge in [0.15, 0.2) is 0 Å². The predicted molar refractivity (Wildman–Crippen MR) is 77.0 cm³/mol. The van der Waals surface area contributed by atoms with E-state index in [9.17, 15) is 9.18 Å². The van der Waals surface area contributed by atoms with Gasteiger partial charge in [-0.2, -0.15) is 0 Å². The van der Waals surface area contributed by atoms with E-state index in [2.05, 4.69) is 10.6 Å². The number of aliphatic hydroxyl groups is 1. The van der Waals surface area contributed by atoms with Crippen LogP contribution in [0.4, 0.5) is 9.18 Å². The number of urea groups is 1. The Morgan fingerprint density at radius 3 is 2.65 bits per heavy atom. The molecular formula is C15H23FN2O2. The summed E-state index contributed by atoms with van der Waals surface area (Å²) in [4.78, 5) is 11.6. The molecule has 1 aromatic carbocycles. The van der Waals surface area contributed by atoms with Crippen LogP contribution in [0.1, 0.15) is 25.8 Å². The summed E-state index contributed by atoms with van der Waals surface area (Å²) in [7, 11) is 0. The van der Waals surface area contributed by atoms with E-state index in [0.717, 1.165) is 0 Å². The van der Waals surface area contributed by atoms with Crippen molar-refractivity contribution in [2.75, 3.05) is 19.7 Å². The first-order valence-corrected chi connectivity index (χ1v) is 6.80. The van der Waals surface area contributed by atoms with E-state index in [-0.39, 0.29) is 23.9 Å². The highest BCUT2D eigenvalue weighted by atomic mass is 19.1. The summed E-state index contributed by atoms with van der Waals surface area (Å²) < 4.78 is 13.4. The number of amides is 2. The van der Waals surface area contributed by atoms with Gasteiger partial charge in [-0.1, -0.05) is 32.0 Å². The molecule has 0 aromatic heterocycles. The summed E-state index contributed by atoms with van der Waals surface area (Å²) in [5, 5.41) is 14.3. The topological polar surface area (TPSA) is 61.4 Å². The Bertz CT molecular complexity index is 436. The van der Waals surface area contributed by atoms with Gasteiger partial charge in [-0.15, -0.1) is 0 Å². The number of hydrogen-bond acceptors (Lipinski definition) is 2. The number of hydrogen-bond donors (Lipinski definition) is 3. The molecule has 0 spiro atoms. The van der Waals surface area contributed by atoms with Crippen LogP contribution in [0.15, 0.2) is 24.3 Å². The minimum Gasteiger partial charge on any atom is -0.396 e. The molecule has 0 aliphatic heterocycles. The van der Waals surface area contributed by atoms with E-state index in [1.54, 1.807) is 18.2 Å². The third-order valence-electron chi connectivity index (χ3n) is 3.15. The maximum Gasteiger partial charge on any atom is 0.314 e. The SMILES string of the molecule is CC(C)(CCO)CNC(=O)NCCc1ccccc1F. The Kier molecular flexibility index (Phi) is 6.45. The first kappa shape index (κ1) is 16.4. The van der Waals surface area contributed by atoms with Crippen LogP contribution in [0.3, 0.4) is 0 Å². The second-order valence-electron chi connectivity index (χ2n) is 5.59. The summed E-state index contributed by atoms with van der Waals surface area (Å²) in [5.41, 5.74) is 0.450. The van der Waals surface area contributed by atoms with Crippen molar-refractivity contribution >= 4 is 6.03 Å². The number of aliphatic hydroxyl groups excluding tert-OH is 1. The van der Waals surface area contributed by atoms with Crippen molar-refractivity contribution in [1.29, 1.82) is 0 Å². The zero-order chi connectivity index (χ0) is 15.0. The molecule has 4 nitrogen and oxygen atoms in total. The van der Waals surface area contributed by atoms with E-state index >= 15 is 0 Å². The molecule has 0 heterocycles. The number of rotatable bonds is 7. The molecule has 0 radical (unpaired) electrons. The number of benzene rings is 1. The highest BCUT2D eigenvalue weighted by Crippen LogP contribution is 2.17. The summed E-state index contributed by atoms with van der Waals surface area (Å²) in [6, 6.07) is 6.26. The third kappa shape index (κ3) is 6.02. The van der Waals surface area contributed by atoms with Gasteiger partial charge in [0.2, 0.25) is 0 Å². The van der Waals surface area contributed by atoms with Gasteiger partial charge in [-0.3, -0.25) is 0 Å². The molecule has 0 saturated heterocycles. The van der Waals surface area contributed by atoms with Crippen LogP contribution >= 0.6 is 0 Å². The lowest BCUT2D eigenvalue weighted by Gasteiger charge is -2.23. The van der Waals surface area contributed by atoms with E-state index < -0.39 is 0 Å². The molecule has 5 heteroatoms. The number of carbonyl (C=O) groups excluding carboxylic acids is 1. The maximum absolute atomic E-state index is 13.4. The fourth-order valence-electron chi connectivity index (χ4n) is 1.78. The summed E-state index contributed by atoms with van der Waals surface area (Å²) in [5.74, 6) is -0.251. The van der Waals surface area contributed by atoms with Crippen molar-refractivity contribution in [3.05, 3.63) is 35.6 Å². The lowest BCUT2D eigenvalue weighted by Crippen LogP contribution is -2.41. The van der Waals surface area contributed by atoms with Gasteiger partial charge in [0.05, 0.1) is 0 Å². The van der Waals surface area contributed by atoms with Gasteiger partial charge >= 0.3 is 6.03 Å². The fraction of sp³-hybridized carbons (Fsp3) is 0.533. The van der Waals surface area contributed by atoms with Crippen molar-refractivity contribution in [2.45, 2.75) is 26.7 Å². The van der Waals surface area contributed by atoms with Crippen LogP contribution in [0.25, 0.3) is 0 Å². The second-order valence-corrected chi connectivity index (χ2v) is 5.59. The van der Waals surface area contributed by atoms with E-state index in [0.29, 0.717) is 31.5 Å².